The molecule has 2 heteroatoms. The van der Waals surface area contributed by atoms with Gasteiger partial charge in [0.2, 0.25) is 0 Å². The van der Waals surface area contributed by atoms with Gasteiger partial charge in [-0.2, -0.15) is 0 Å². The minimum atomic E-state index is 0.890. The Kier molecular flexibility index (Phi) is 3.44. The number of halogens is 1. The van der Waals surface area contributed by atoms with Crippen LogP contribution in [-0.4, -0.2) is 13.1 Å². The van der Waals surface area contributed by atoms with Crippen molar-refractivity contribution >= 4 is 11.6 Å². The van der Waals surface area contributed by atoms with Gasteiger partial charge in [0, 0.05) is 5.02 Å². The maximum absolute atomic E-state index is 6.05. The fraction of sp³-hybridized carbons (Fsp3) is 0.500. The van der Waals surface area contributed by atoms with Gasteiger partial charge in [0.25, 0.3) is 0 Å². The summed E-state index contributed by atoms with van der Waals surface area (Å²) in [5.41, 5.74) is 1.25. The number of hydrogen-bond donors (Lipinski definition) is 1. The average Bonchev–Trinajstić information content (AvgIpc) is 2.99. The zero-order chi connectivity index (χ0) is 9.80. The van der Waals surface area contributed by atoms with E-state index >= 15 is 0 Å². The molecule has 0 heterocycles. The van der Waals surface area contributed by atoms with Crippen molar-refractivity contribution in [3.8, 4) is 0 Å². The number of benzene rings is 1. The fourth-order valence-electron chi connectivity index (χ4n) is 1.55. The molecule has 1 nitrogen and oxygen atoms in total. The van der Waals surface area contributed by atoms with Gasteiger partial charge in [0.05, 0.1) is 0 Å². The molecule has 1 aliphatic carbocycles. The van der Waals surface area contributed by atoms with Gasteiger partial charge in [0.1, 0.15) is 0 Å². The van der Waals surface area contributed by atoms with E-state index in [9.17, 15) is 0 Å². The normalized spacial score (nSPS) is 15.8. The highest BCUT2D eigenvalue weighted by molar-refractivity contribution is 6.31. The summed E-state index contributed by atoms with van der Waals surface area (Å²) in [6.45, 7) is 2.23. The van der Waals surface area contributed by atoms with Crippen molar-refractivity contribution in [2.24, 2.45) is 5.92 Å². The molecule has 0 amide bonds. The van der Waals surface area contributed by atoms with Crippen LogP contribution in [0.5, 0.6) is 0 Å². The Labute approximate surface area is 90.5 Å². The van der Waals surface area contributed by atoms with E-state index < -0.39 is 0 Å². The van der Waals surface area contributed by atoms with Crippen molar-refractivity contribution in [3.05, 3.63) is 34.9 Å². The molecule has 0 bridgehead atoms. The van der Waals surface area contributed by atoms with Gasteiger partial charge in [-0.05, 0) is 49.9 Å². The molecule has 1 aromatic carbocycles. The topological polar surface area (TPSA) is 12.0 Å². The van der Waals surface area contributed by atoms with Gasteiger partial charge < -0.3 is 5.32 Å². The maximum atomic E-state index is 6.05. The molecule has 14 heavy (non-hydrogen) atoms. The molecule has 1 N–H and O–H groups in total. The summed E-state index contributed by atoms with van der Waals surface area (Å²) in [6.07, 6.45) is 3.87. The maximum Gasteiger partial charge on any atom is 0.0438 e. The van der Waals surface area contributed by atoms with E-state index in [0.717, 1.165) is 23.9 Å². The largest absolute Gasteiger partial charge is 0.316 e. The van der Waals surface area contributed by atoms with Gasteiger partial charge in [-0.3, -0.25) is 0 Å². The first kappa shape index (κ1) is 10.0. The zero-order valence-electron chi connectivity index (χ0n) is 8.30. The van der Waals surface area contributed by atoms with Crippen LogP contribution in [0.4, 0.5) is 0 Å². The van der Waals surface area contributed by atoms with Crippen molar-refractivity contribution < 1.29 is 0 Å². The highest BCUT2D eigenvalue weighted by Crippen LogP contribution is 2.27. The molecule has 0 spiro atoms. The zero-order valence-corrected chi connectivity index (χ0v) is 9.06. The molecule has 0 radical (unpaired) electrons. The highest BCUT2D eigenvalue weighted by Gasteiger charge is 2.19. The van der Waals surface area contributed by atoms with E-state index in [1.165, 1.54) is 24.9 Å². The molecule has 0 unspecified atom stereocenters. The van der Waals surface area contributed by atoms with Crippen LogP contribution in [0.15, 0.2) is 24.3 Å². The van der Waals surface area contributed by atoms with Crippen LogP contribution in [0.3, 0.4) is 0 Å². The Bertz CT molecular complexity index is 294. The summed E-state index contributed by atoms with van der Waals surface area (Å²) in [5.74, 6) is 0.959. The van der Waals surface area contributed by atoms with Crippen molar-refractivity contribution in [2.75, 3.05) is 13.1 Å². The first-order chi connectivity index (χ1) is 6.86. The van der Waals surface area contributed by atoms with Gasteiger partial charge >= 0.3 is 0 Å². The molecule has 0 aliphatic heterocycles. The molecule has 1 aliphatic rings. The van der Waals surface area contributed by atoms with Crippen molar-refractivity contribution in [2.45, 2.75) is 19.3 Å². The second-order valence-corrected chi connectivity index (χ2v) is 4.40. The van der Waals surface area contributed by atoms with Crippen molar-refractivity contribution in [3.63, 3.8) is 0 Å². The number of nitrogens with one attached hydrogen (secondary N) is 1. The first-order valence-electron chi connectivity index (χ1n) is 5.30. The number of hydrogen-bond acceptors (Lipinski definition) is 1. The van der Waals surface area contributed by atoms with E-state index in [1.54, 1.807) is 0 Å². The van der Waals surface area contributed by atoms with Crippen LogP contribution in [0, 0.1) is 5.92 Å². The van der Waals surface area contributed by atoms with E-state index in [1.807, 2.05) is 18.2 Å². The van der Waals surface area contributed by atoms with E-state index in [0.29, 0.717) is 0 Å². The molecular formula is C12H16ClN. The average molecular weight is 210 g/mol. The van der Waals surface area contributed by atoms with E-state index in [2.05, 4.69) is 11.4 Å². The molecule has 76 valence electrons. The minimum absolute atomic E-state index is 0.890. The lowest BCUT2D eigenvalue weighted by Crippen LogP contribution is -2.19. The second-order valence-electron chi connectivity index (χ2n) is 3.99. The third-order valence-corrected chi connectivity index (χ3v) is 3.03. The highest BCUT2D eigenvalue weighted by atomic mass is 35.5. The van der Waals surface area contributed by atoms with Crippen molar-refractivity contribution in [1.29, 1.82) is 0 Å². The SMILES string of the molecule is Clc1ccccc1CCNCC1CC1. The van der Waals surface area contributed by atoms with Crippen LogP contribution in [-0.2, 0) is 6.42 Å². The molecule has 2 rings (SSSR count). The van der Waals surface area contributed by atoms with Gasteiger partial charge in [-0.15, -0.1) is 0 Å². The summed E-state index contributed by atoms with van der Waals surface area (Å²) in [4.78, 5) is 0. The molecule has 0 saturated heterocycles. The van der Waals surface area contributed by atoms with Gasteiger partial charge in [0.15, 0.2) is 0 Å². The lowest BCUT2D eigenvalue weighted by atomic mass is 10.1. The quantitative estimate of drug-likeness (QED) is 0.736. The predicted octanol–water partition coefficient (Wildman–Crippen LogP) is 2.88. The van der Waals surface area contributed by atoms with Crippen LogP contribution < -0.4 is 5.32 Å². The second kappa shape index (κ2) is 4.81. The van der Waals surface area contributed by atoms with E-state index in [4.69, 9.17) is 11.6 Å². The Morgan fingerprint density at radius 2 is 2.07 bits per heavy atom. The fourth-order valence-corrected chi connectivity index (χ4v) is 1.78. The lowest BCUT2D eigenvalue weighted by Gasteiger charge is -2.05. The third kappa shape index (κ3) is 3.00. The Morgan fingerprint density at radius 3 is 2.79 bits per heavy atom. The molecule has 1 aromatic rings. The summed E-state index contributed by atoms with van der Waals surface area (Å²) in [6, 6.07) is 8.07. The summed E-state index contributed by atoms with van der Waals surface area (Å²) >= 11 is 6.05. The van der Waals surface area contributed by atoms with Gasteiger partial charge in [-0.1, -0.05) is 29.8 Å². The molecule has 1 fully saturated rings. The molecule has 0 aromatic heterocycles. The first-order valence-corrected chi connectivity index (χ1v) is 5.68. The lowest BCUT2D eigenvalue weighted by molar-refractivity contribution is 0.637. The van der Waals surface area contributed by atoms with Crippen LogP contribution in [0.1, 0.15) is 18.4 Å². The smallest absolute Gasteiger partial charge is 0.0438 e. The summed E-state index contributed by atoms with van der Waals surface area (Å²) < 4.78 is 0. The molecule has 0 atom stereocenters. The van der Waals surface area contributed by atoms with Crippen LogP contribution in [0.2, 0.25) is 5.02 Å². The van der Waals surface area contributed by atoms with E-state index in [-0.39, 0.29) is 0 Å². The van der Waals surface area contributed by atoms with Crippen LogP contribution in [0.25, 0.3) is 0 Å². The molecule has 1 saturated carbocycles. The monoisotopic (exact) mass is 209 g/mol. The Morgan fingerprint density at radius 1 is 1.29 bits per heavy atom. The predicted molar refractivity (Wildman–Crippen MR) is 60.7 cm³/mol. The number of rotatable bonds is 5. The third-order valence-electron chi connectivity index (χ3n) is 2.66. The Hall–Kier alpha value is -0.530. The summed E-state index contributed by atoms with van der Waals surface area (Å²) in [5, 5.41) is 4.35. The Balaban J connectivity index is 1.71. The minimum Gasteiger partial charge on any atom is -0.316 e. The summed E-state index contributed by atoms with van der Waals surface area (Å²) in [7, 11) is 0. The standard InChI is InChI=1S/C12H16ClN/c13-12-4-2-1-3-11(12)7-8-14-9-10-5-6-10/h1-4,10,14H,5-9H2. The van der Waals surface area contributed by atoms with Crippen molar-refractivity contribution in [1.82, 2.24) is 5.32 Å². The van der Waals surface area contributed by atoms with Gasteiger partial charge in [-0.25, -0.2) is 0 Å². The van der Waals surface area contributed by atoms with Crippen LogP contribution >= 0.6 is 11.6 Å². The molecular weight excluding hydrogens is 194 g/mol.